The van der Waals surface area contributed by atoms with Gasteiger partial charge >= 0.3 is 17.9 Å². The second kappa shape index (κ2) is 8.56. The normalized spacial score (nSPS) is 20.1. The van der Waals surface area contributed by atoms with Crippen molar-refractivity contribution in [1.29, 1.82) is 0 Å². The van der Waals surface area contributed by atoms with E-state index < -0.39 is 41.8 Å². The van der Waals surface area contributed by atoms with E-state index in [0.717, 1.165) is 0 Å². The van der Waals surface area contributed by atoms with Crippen LogP contribution in [0.3, 0.4) is 0 Å². The lowest BCUT2D eigenvalue weighted by molar-refractivity contribution is -0.182. The minimum Gasteiger partial charge on any atom is -0.477 e. The van der Waals surface area contributed by atoms with Crippen molar-refractivity contribution < 1.29 is 33.3 Å². The van der Waals surface area contributed by atoms with Crippen molar-refractivity contribution in [3.05, 3.63) is 40.2 Å². The molecule has 160 valence electrons. The lowest BCUT2D eigenvalue weighted by atomic mass is 9.93. The summed E-state index contributed by atoms with van der Waals surface area (Å²) in [7, 11) is 0. The van der Waals surface area contributed by atoms with Gasteiger partial charge in [0.15, 0.2) is 24.1 Å². The van der Waals surface area contributed by atoms with Gasteiger partial charge in [-0.2, -0.15) is 0 Å². The Kier molecular flexibility index (Phi) is 6.09. The molecule has 30 heavy (non-hydrogen) atoms. The van der Waals surface area contributed by atoms with Gasteiger partial charge in [0.2, 0.25) is 0 Å². The van der Waals surface area contributed by atoms with Crippen LogP contribution < -0.4 is 10.3 Å². The summed E-state index contributed by atoms with van der Waals surface area (Å²) >= 11 is 0. The molecule has 9 heteroatoms. The van der Waals surface area contributed by atoms with E-state index in [9.17, 15) is 19.2 Å². The van der Waals surface area contributed by atoms with Gasteiger partial charge in [-0.25, -0.2) is 0 Å². The Labute approximate surface area is 172 Å². The van der Waals surface area contributed by atoms with Gasteiger partial charge in [-0.1, -0.05) is 18.2 Å². The third-order valence-corrected chi connectivity index (χ3v) is 4.75. The molecule has 1 aromatic heterocycles. The maximum absolute atomic E-state index is 13.2. The molecule has 0 saturated heterocycles. The van der Waals surface area contributed by atoms with Crippen LogP contribution in [0, 0.1) is 0 Å². The van der Waals surface area contributed by atoms with Crippen molar-refractivity contribution in [3.63, 3.8) is 0 Å². The van der Waals surface area contributed by atoms with E-state index in [0.29, 0.717) is 23.0 Å². The molecule has 0 bridgehead atoms. The summed E-state index contributed by atoms with van der Waals surface area (Å²) in [4.78, 5) is 48.2. The van der Waals surface area contributed by atoms with Crippen LogP contribution in [0.4, 0.5) is 0 Å². The van der Waals surface area contributed by atoms with E-state index in [1.54, 1.807) is 24.3 Å². The van der Waals surface area contributed by atoms with Gasteiger partial charge in [0.1, 0.15) is 6.61 Å². The molecule has 0 fully saturated rings. The number of carbonyl (C=O) groups is 3. The van der Waals surface area contributed by atoms with E-state index in [-0.39, 0.29) is 12.4 Å². The molecule has 0 saturated carbocycles. The number of hydrogen-bond donors (Lipinski definition) is 0. The molecule has 2 heterocycles. The Morgan fingerprint density at radius 1 is 1.03 bits per heavy atom. The monoisotopic (exact) mass is 417 g/mol. The lowest BCUT2D eigenvalue weighted by Gasteiger charge is -2.38. The number of fused-ring (bicyclic) bond motifs is 3. The maximum Gasteiger partial charge on any atom is 0.303 e. The predicted octanol–water partition coefficient (Wildman–Crippen LogP) is 1.88. The Morgan fingerprint density at radius 2 is 1.70 bits per heavy atom. The van der Waals surface area contributed by atoms with Gasteiger partial charge in [-0.15, -0.1) is 0 Å². The second-order valence-corrected chi connectivity index (χ2v) is 6.87. The van der Waals surface area contributed by atoms with Gasteiger partial charge in [0.05, 0.1) is 11.1 Å². The summed E-state index contributed by atoms with van der Waals surface area (Å²) in [5, 5.41) is 0.628. The number of ether oxygens (including phenoxy) is 4. The van der Waals surface area contributed by atoms with Crippen LogP contribution in [0.15, 0.2) is 29.1 Å². The first-order chi connectivity index (χ1) is 14.2. The average molecular weight is 417 g/mol. The van der Waals surface area contributed by atoms with E-state index in [1.165, 1.54) is 25.3 Å². The van der Waals surface area contributed by atoms with Crippen molar-refractivity contribution in [3.8, 4) is 5.75 Å². The fourth-order valence-corrected chi connectivity index (χ4v) is 3.66. The number of aryl methyl sites for hydroxylation is 1. The number of pyridine rings is 1. The number of carbonyl (C=O) groups excluding carboxylic acids is 3. The molecular weight excluding hydrogens is 394 g/mol. The second-order valence-electron chi connectivity index (χ2n) is 6.87. The summed E-state index contributed by atoms with van der Waals surface area (Å²) in [6, 6.07) is 7.12. The number of esters is 3. The third kappa shape index (κ3) is 4.00. The molecule has 0 spiro atoms. The number of hydrogen-bond acceptors (Lipinski definition) is 8. The Balaban J connectivity index is 2.28. The number of aromatic nitrogens is 1. The summed E-state index contributed by atoms with van der Waals surface area (Å²) < 4.78 is 23.4. The molecule has 2 aromatic rings. The molecule has 0 radical (unpaired) electrons. The lowest BCUT2D eigenvalue weighted by Crippen LogP contribution is -2.49. The minimum atomic E-state index is -1.11. The molecule has 0 unspecified atom stereocenters. The van der Waals surface area contributed by atoms with Gasteiger partial charge in [-0.3, -0.25) is 19.2 Å². The highest BCUT2D eigenvalue weighted by molar-refractivity contribution is 5.86. The van der Waals surface area contributed by atoms with Crippen LogP contribution in [0.2, 0.25) is 0 Å². The summed E-state index contributed by atoms with van der Waals surface area (Å²) in [5.41, 5.74) is 0.530. The molecule has 0 N–H and O–H groups in total. The molecule has 1 aliphatic heterocycles. The maximum atomic E-state index is 13.2. The van der Waals surface area contributed by atoms with E-state index in [2.05, 4.69) is 0 Å². The molecule has 9 nitrogen and oxygen atoms in total. The van der Waals surface area contributed by atoms with Crippen LogP contribution >= 0.6 is 0 Å². The van der Waals surface area contributed by atoms with Crippen LogP contribution in [-0.4, -0.2) is 41.3 Å². The first kappa shape index (κ1) is 21.4. The standard InChI is InChI=1S/C21H23NO8/c1-5-22-15-9-7-6-8-14(15)17-19(29-13(4)25)18(28-12(3)24)16(10-27-11(2)23)30-20(17)21(22)26/h6-9,16,18-19H,5,10H2,1-4H3/t16-,18-,19-/m1/s1. The van der Waals surface area contributed by atoms with E-state index >= 15 is 0 Å². The van der Waals surface area contributed by atoms with Crippen molar-refractivity contribution in [2.24, 2.45) is 0 Å². The zero-order valence-corrected chi connectivity index (χ0v) is 17.2. The predicted molar refractivity (Wildman–Crippen MR) is 105 cm³/mol. The summed E-state index contributed by atoms with van der Waals surface area (Å²) in [5.74, 6) is -1.86. The van der Waals surface area contributed by atoms with Crippen LogP contribution in [0.5, 0.6) is 5.75 Å². The topological polar surface area (TPSA) is 110 Å². The molecule has 3 rings (SSSR count). The van der Waals surface area contributed by atoms with Gasteiger partial charge < -0.3 is 23.5 Å². The smallest absolute Gasteiger partial charge is 0.303 e. The first-order valence-corrected chi connectivity index (χ1v) is 9.54. The number of nitrogens with zero attached hydrogens (tertiary/aromatic N) is 1. The van der Waals surface area contributed by atoms with Crippen molar-refractivity contribution in [2.45, 2.75) is 52.6 Å². The molecule has 1 aliphatic rings. The average Bonchev–Trinajstić information content (AvgIpc) is 2.67. The van der Waals surface area contributed by atoms with Crippen LogP contribution in [-0.2, 0) is 35.1 Å². The molecule has 1 aromatic carbocycles. The zero-order valence-electron chi connectivity index (χ0n) is 17.2. The van der Waals surface area contributed by atoms with Gasteiger partial charge in [0, 0.05) is 32.7 Å². The fourth-order valence-electron chi connectivity index (χ4n) is 3.66. The fraction of sp³-hybridized carbons (Fsp3) is 0.429. The highest BCUT2D eigenvalue weighted by Gasteiger charge is 2.46. The van der Waals surface area contributed by atoms with E-state index in [1.807, 2.05) is 6.92 Å². The van der Waals surface area contributed by atoms with Gasteiger partial charge in [-0.05, 0) is 13.0 Å². The molecule has 0 amide bonds. The molecule has 0 aliphatic carbocycles. The number of para-hydroxylation sites is 1. The zero-order chi connectivity index (χ0) is 22.0. The summed E-state index contributed by atoms with van der Waals surface area (Å²) in [6.07, 6.45) is -3.26. The Hall–Kier alpha value is -3.36. The van der Waals surface area contributed by atoms with Crippen molar-refractivity contribution in [1.82, 2.24) is 4.57 Å². The highest BCUT2D eigenvalue weighted by Crippen LogP contribution is 2.41. The van der Waals surface area contributed by atoms with E-state index in [4.69, 9.17) is 18.9 Å². The van der Waals surface area contributed by atoms with Gasteiger partial charge in [0.25, 0.3) is 5.56 Å². The van der Waals surface area contributed by atoms with Crippen LogP contribution in [0.1, 0.15) is 39.4 Å². The third-order valence-electron chi connectivity index (χ3n) is 4.75. The minimum absolute atomic E-state index is 0.0256. The van der Waals surface area contributed by atoms with Crippen molar-refractivity contribution >= 4 is 28.8 Å². The number of rotatable bonds is 5. The van der Waals surface area contributed by atoms with Crippen molar-refractivity contribution in [2.75, 3.05) is 6.61 Å². The first-order valence-electron chi connectivity index (χ1n) is 9.54. The summed E-state index contributed by atoms with van der Waals surface area (Å²) in [6.45, 7) is 5.56. The van der Waals surface area contributed by atoms with Crippen LogP contribution in [0.25, 0.3) is 10.9 Å². The highest BCUT2D eigenvalue weighted by atomic mass is 16.6. The Bertz CT molecular complexity index is 1060. The molecule has 3 atom stereocenters. The SMILES string of the molecule is CCn1c(=O)c2c(c3ccccc31)[C@@H](OC(C)=O)[C@H](OC(C)=O)[C@@H](COC(C)=O)O2. The molecular formula is C21H23NO8. The quantitative estimate of drug-likeness (QED) is 0.536. The Morgan fingerprint density at radius 3 is 2.30 bits per heavy atom. The largest absolute Gasteiger partial charge is 0.477 e. The number of benzene rings is 1.